The molecule has 0 atom stereocenters. The second-order valence-electron chi connectivity index (χ2n) is 20.8. The van der Waals surface area contributed by atoms with Crippen molar-refractivity contribution in [2.75, 3.05) is 19.0 Å². The Morgan fingerprint density at radius 3 is 0.659 bits per heavy atom. The van der Waals surface area contributed by atoms with Crippen LogP contribution in [0.4, 0.5) is 5.69 Å². The van der Waals surface area contributed by atoms with Crippen LogP contribution in [0.3, 0.4) is 0 Å². The molecule has 262 valence electrons. The summed E-state index contributed by atoms with van der Waals surface area (Å²) in [6.07, 6.45) is 0. The summed E-state index contributed by atoms with van der Waals surface area (Å²) in [5.74, 6) is 0. The molecule has 0 saturated heterocycles. The monoisotopic (exact) mass is 670 g/mol. The van der Waals surface area contributed by atoms with E-state index in [1.807, 2.05) is 0 Å². The van der Waals surface area contributed by atoms with Gasteiger partial charge in [0, 0.05) is 19.8 Å². The van der Waals surface area contributed by atoms with Crippen molar-refractivity contribution in [1.29, 1.82) is 0 Å². The SMILES string of the molecule is CC(C)(C)P(C(C)(C)C)C(C)(C)C.CC(C)(C)P(C(C)(C)C)C(C)(C)C.CN(C)c1ccc(P(C(C)(C)C)C(C)(C)C)cc1. The van der Waals surface area contributed by atoms with E-state index in [1.165, 1.54) is 11.0 Å². The zero-order valence-corrected chi connectivity index (χ0v) is 37.8. The predicted octanol–water partition coefficient (Wildman–Crippen LogP) is 14.2. The van der Waals surface area contributed by atoms with Crippen LogP contribution in [0.2, 0.25) is 0 Å². The van der Waals surface area contributed by atoms with Gasteiger partial charge in [0.1, 0.15) is 0 Å². The summed E-state index contributed by atoms with van der Waals surface area (Å²) >= 11 is 0. The molecular formula is C40H82NP3. The number of rotatable bonds is 2. The van der Waals surface area contributed by atoms with Crippen LogP contribution >= 0.6 is 23.8 Å². The molecule has 0 fully saturated rings. The summed E-state index contributed by atoms with van der Waals surface area (Å²) in [6.45, 7) is 57.1. The standard InChI is InChI=1S/C16H28NP.2C12H27P/c1-15(2,3)18(16(4,5)6)14-11-9-13(10-12-14)17(7)8;2*1-10(2,3)13(11(4,5)6)12(7,8)9/h9-12H,1-8H3;2*1-9H3. The fourth-order valence-corrected chi connectivity index (χ4v) is 24.8. The number of nitrogens with zero attached hydrogens (tertiary/aromatic N) is 1. The Morgan fingerprint density at radius 1 is 0.341 bits per heavy atom. The van der Waals surface area contributed by atoms with Gasteiger partial charge in [-0.1, -0.05) is 202 Å². The molecule has 1 aromatic carbocycles. The van der Waals surface area contributed by atoms with Crippen LogP contribution in [0, 0.1) is 0 Å². The third kappa shape index (κ3) is 16.4. The van der Waals surface area contributed by atoms with Gasteiger partial charge >= 0.3 is 0 Å². The molecule has 0 aliphatic rings. The number of hydrogen-bond acceptors (Lipinski definition) is 1. The van der Waals surface area contributed by atoms with Crippen LogP contribution in [0.1, 0.15) is 166 Å². The minimum atomic E-state index is -0.188. The van der Waals surface area contributed by atoms with E-state index in [9.17, 15) is 0 Å². The largest absolute Gasteiger partial charge is 0.378 e. The highest BCUT2D eigenvalue weighted by atomic mass is 31.1. The Hall–Kier alpha value is 0.310. The van der Waals surface area contributed by atoms with E-state index in [1.54, 1.807) is 0 Å². The second kappa shape index (κ2) is 15.7. The first-order valence-corrected chi connectivity index (χ1v) is 21.0. The van der Waals surface area contributed by atoms with Crippen molar-refractivity contribution >= 4 is 34.8 Å². The molecule has 1 rings (SSSR count). The highest BCUT2D eigenvalue weighted by Gasteiger charge is 2.43. The van der Waals surface area contributed by atoms with Crippen molar-refractivity contribution in [1.82, 2.24) is 0 Å². The van der Waals surface area contributed by atoms with Crippen molar-refractivity contribution in [3.8, 4) is 0 Å². The van der Waals surface area contributed by atoms with Gasteiger partial charge in [0.15, 0.2) is 0 Å². The second-order valence-corrected chi connectivity index (χ2v) is 34.0. The van der Waals surface area contributed by atoms with Gasteiger partial charge in [-0.15, -0.1) is 0 Å². The highest BCUT2D eigenvalue weighted by molar-refractivity contribution is 7.68. The normalized spacial score (nSPS) is 14.3. The van der Waals surface area contributed by atoms with Crippen molar-refractivity contribution in [2.45, 2.75) is 207 Å². The Kier molecular flexibility index (Phi) is 16.5. The van der Waals surface area contributed by atoms with Gasteiger partial charge in [0.05, 0.1) is 0 Å². The Labute approximate surface area is 284 Å². The number of anilines is 1. The fourth-order valence-electron chi connectivity index (χ4n) is 8.72. The maximum absolute atomic E-state index is 2.38. The van der Waals surface area contributed by atoms with Gasteiger partial charge in [-0.3, -0.25) is 0 Å². The third-order valence-electron chi connectivity index (χ3n) is 6.99. The topological polar surface area (TPSA) is 3.24 Å². The third-order valence-corrected chi connectivity index (χ3v) is 18.5. The zero-order chi connectivity index (χ0) is 36.3. The smallest absolute Gasteiger partial charge is 0.0361 e. The molecule has 0 aromatic heterocycles. The van der Waals surface area contributed by atoms with Gasteiger partial charge in [-0.2, -0.15) is 0 Å². The average molecular weight is 670 g/mol. The van der Waals surface area contributed by atoms with Gasteiger partial charge in [-0.25, -0.2) is 0 Å². The summed E-state index contributed by atoms with van der Waals surface area (Å²) in [5, 5.41) is 4.89. The van der Waals surface area contributed by atoms with E-state index in [0.717, 1.165) is 0 Å². The molecule has 0 bridgehead atoms. The summed E-state index contributed by atoms with van der Waals surface area (Å²) in [4.78, 5) is 2.15. The van der Waals surface area contributed by atoms with Crippen LogP contribution in [0.15, 0.2) is 24.3 Å². The minimum Gasteiger partial charge on any atom is -0.378 e. The summed E-state index contributed by atoms with van der Waals surface area (Å²) < 4.78 is 0. The molecule has 0 N–H and O–H groups in total. The van der Waals surface area contributed by atoms with E-state index in [0.29, 0.717) is 41.2 Å². The first-order chi connectivity index (χ1) is 18.8. The molecule has 0 unspecified atom stereocenters. The molecule has 44 heavy (non-hydrogen) atoms. The molecular weight excluding hydrogens is 587 g/mol. The van der Waals surface area contributed by atoms with Crippen molar-refractivity contribution in [3.05, 3.63) is 24.3 Å². The first-order valence-electron chi connectivity index (χ1n) is 17.0. The highest BCUT2D eigenvalue weighted by Crippen LogP contribution is 2.68. The average Bonchev–Trinajstić information content (AvgIpc) is 2.59. The maximum atomic E-state index is 2.38. The Morgan fingerprint density at radius 2 is 0.545 bits per heavy atom. The molecule has 1 aromatic rings. The molecule has 0 heterocycles. The van der Waals surface area contributed by atoms with E-state index < -0.39 is 0 Å². The lowest BCUT2D eigenvalue weighted by molar-refractivity contribution is 0.643. The van der Waals surface area contributed by atoms with Crippen molar-refractivity contribution in [3.63, 3.8) is 0 Å². The van der Waals surface area contributed by atoms with Crippen LogP contribution < -0.4 is 10.2 Å². The lowest BCUT2D eigenvalue weighted by Gasteiger charge is -2.49. The van der Waals surface area contributed by atoms with Gasteiger partial charge in [0.2, 0.25) is 0 Å². The van der Waals surface area contributed by atoms with Crippen LogP contribution in [0.25, 0.3) is 0 Å². The van der Waals surface area contributed by atoms with Gasteiger partial charge < -0.3 is 4.90 Å². The van der Waals surface area contributed by atoms with Crippen LogP contribution in [0.5, 0.6) is 0 Å². The maximum Gasteiger partial charge on any atom is 0.0361 e. The molecule has 0 aliphatic carbocycles. The number of benzene rings is 1. The van der Waals surface area contributed by atoms with Gasteiger partial charge in [0.25, 0.3) is 0 Å². The molecule has 0 amide bonds. The Bertz CT molecular complexity index is 827. The minimum absolute atomic E-state index is 0.0162. The molecule has 0 aliphatic heterocycles. The van der Waals surface area contributed by atoms with Crippen LogP contribution in [-0.4, -0.2) is 55.3 Å². The van der Waals surface area contributed by atoms with Crippen molar-refractivity contribution < 1.29 is 0 Å². The van der Waals surface area contributed by atoms with E-state index in [-0.39, 0.29) is 23.8 Å². The Balaban J connectivity index is 0. The zero-order valence-electron chi connectivity index (χ0n) is 35.1. The lowest BCUT2D eigenvalue weighted by Crippen LogP contribution is -2.34. The van der Waals surface area contributed by atoms with Crippen LogP contribution in [-0.2, 0) is 0 Å². The first kappa shape index (κ1) is 46.4. The fraction of sp³-hybridized carbons (Fsp3) is 0.850. The summed E-state index contributed by atoms with van der Waals surface area (Å²) in [6, 6.07) is 9.11. The molecule has 0 saturated carbocycles. The van der Waals surface area contributed by atoms with Crippen molar-refractivity contribution in [2.24, 2.45) is 0 Å². The molecule has 0 radical (unpaired) electrons. The summed E-state index contributed by atoms with van der Waals surface area (Å²) in [5.41, 5.74) is 1.27. The predicted molar refractivity (Wildman–Crippen MR) is 219 cm³/mol. The molecule has 1 nitrogen and oxygen atoms in total. The quantitative estimate of drug-likeness (QED) is 0.283. The molecule has 0 spiro atoms. The van der Waals surface area contributed by atoms with E-state index in [4.69, 9.17) is 0 Å². The number of hydrogen-bond donors (Lipinski definition) is 0. The molecule has 4 heteroatoms. The summed E-state index contributed by atoms with van der Waals surface area (Å²) in [7, 11) is 4.02. The van der Waals surface area contributed by atoms with Gasteiger partial charge in [-0.05, 0) is 58.7 Å². The lowest BCUT2D eigenvalue weighted by atomic mass is 10.2. The van der Waals surface area contributed by atoms with E-state index >= 15 is 0 Å². The van der Waals surface area contributed by atoms with E-state index in [2.05, 4.69) is 209 Å².